The number of halogens is 4. The Morgan fingerprint density at radius 1 is 1.65 bits per heavy atom. The van der Waals surface area contributed by atoms with Crippen LogP contribution in [-0.2, 0) is 21.3 Å². The van der Waals surface area contributed by atoms with Crippen LogP contribution in [0.1, 0.15) is 23.2 Å². The van der Waals surface area contributed by atoms with Crippen molar-refractivity contribution in [2.24, 2.45) is 0 Å². The molecule has 0 saturated heterocycles. The number of aromatic nitrogens is 1. The van der Waals surface area contributed by atoms with Gasteiger partial charge in [0.25, 0.3) is 6.43 Å². The van der Waals surface area contributed by atoms with Gasteiger partial charge in [-0.15, -0.1) is 0 Å². The van der Waals surface area contributed by atoms with Crippen molar-refractivity contribution in [3.63, 3.8) is 0 Å². The number of hydrogen-bond donors (Lipinski definition) is 0. The molecule has 1 rings (SSSR count). The largest absolute Gasteiger partial charge is 0.469 e. The third-order valence-corrected chi connectivity index (χ3v) is 3.92. The molecule has 0 aromatic carbocycles. The maximum Gasteiger partial charge on any atom is 0.311 e. The van der Waals surface area contributed by atoms with Gasteiger partial charge in [0.2, 0.25) is 0 Å². The Morgan fingerprint density at radius 2 is 2.29 bits per heavy atom. The molecule has 0 saturated carbocycles. The lowest BCUT2D eigenvalue weighted by Crippen LogP contribution is -2.10. The Hall–Kier alpha value is -0.310. The highest BCUT2D eigenvalue weighted by molar-refractivity contribution is 14.1. The Kier molecular flexibility index (Phi) is 5.71. The van der Waals surface area contributed by atoms with E-state index < -0.39 is 12.4 Å². The Bertz CT molecular complexity index is 429. The van der Waals surface area contributed by atoms with Crippen LogP contribution in [0.4, 0.5) is 8.78 Å². The number of rotatable bonds is 4. The van der Waals surface area contributed by atoms with E-state index in [2.05, 4.69) is 25.7 Å². The van der Waals surface area contributed by atoms with E-state index in [9.17, 15) is 13.6 Å². The zero-order valence-corrected chi connectivity index (χ0v) is 12.6. The molecule has 0 radical (unpaired) electrons. The van der Waals surface area contributed by atoms with E-state index in [1.165, 1.54) is 13.3 Å². The van der Waals surface area contributed by atoms with Crippen LogP contribution < -0.4 is 0 Å². The highest BCUT2D eigenvalue weighted by atomic mass is 127. The minimum Gasteiger partial charge on any atom is -0.469 e. The Labute approximate surface area is 119 Å². The molecule has 94 valence electrons. The second kappa shape index (κ2) is 6.58. The van der Waals surface area contributed by atoms with Crippen molar-refractivity contribution < 1.29 is 18.3 Å². The normalized spacial score (nSPS) is 10.7. The van der Waals surface area contributed by atoms with Gasteiger partial charge in [0.05, 0.1) is 19.2 Å². The van der Waals surface area contributed by atoms with Gasteiger partial charge in [-0.25, -0.2) is 8.78 Å². The lowest BCUT2D eigenvalue weighted by atomic mass is 10.1. The van der Waals surface area contributed by atoms with Crippen LogP contribution in [0.2, 0.25) is 0 Å². The second-order valence-corrected chi connectivity index (χ2v) is 4.78. The molecule has 0 amide bonds. The number of ether oxygens (including phenoxy) is 1. The molecule has 0 aliphatic rings. The Morgan fingerprint density at radius 3 is 2.76 bits per heavy atom. The minimum absolute atomic E-state index is 0.0728. The van der Waals surface area contributed by atoms with E-state index in [1.807, 2.05) is 0 Å². The molecule has 0 fully saturated rings. The van der Waals surface area contributed by atoms with Crippen LogP contribution in [0.3, 0.4) is 0 Å². The summed E-state index contributed by atoms with van der Waals surface area (Å²) in [5, 5.41) is 0.300. The molecular formula is C10H9BrF2INO2. The molecule has 0 unspecified atom stereocenters. The molecule has 0 bridgehead atoms. The summed E-state index contributed by atoms with van der Waals surface area (Å²) in [5.74, 6) is -0.498. The predicted octanol–water partition coefficient (Wildman–Crippen LogP) is 3.23. The summed E-state index contributed by atoms with van der Waals surface area (Å²) in [6, 6.07) is 0. The summed E-state index contributed by atoms with van der Waals surface area (Å²) >= 11 is 4.92. The van der Waals surface area contributed by atoms with Crippen LogP contribution in [0.25, 0.3) is 0 Å². The lowest BCUT2D eigenvalue weighted by molar-refractivity contribution is -0.139. The number of alkyl halides is 3. The maximum absolute atomic E-state index is 12.9. The summed E-state index contributed by atoms with van der Waals surface area (Å²) in [6.45, 7) is 0. The summed E-state index contributed by atoms with van der Waals surface area (Å²) in [7, 11) is 1.25. The highest BCUT2D eigenvalue weighted by Crippen LogP contribution is 2.30. The van der Waals surface area contributed by atoms with Gasteiger partial charge in [-0.05, 0) is 28.2 Å². The van der Waals surface area contributed by atoms with Gasteiger partial charge in [-0.3, -0.25) is 9.78 Å². The van der Waals surface area contributed by atoms with E-state index >= 15 is 0 Å². The van der Waals surface area contributed by atoms with Crippen LogP contribution in [0, 0.1) is 3.57 Å². The average molecular weight is 420 g/mol. The summed E-state index contributed by atoms with van der Waals surface area (Å²) in [4.78, 5) is 15.1. The van der Waals surface area contributed by atoms with Gasteiger partial charge in [0.1, 0.15) is 0 Å². The standard InChI is InChI=1S/C10H9BrF2INO2/c1-17-7(16)2-6-9(14)8(10(12)13)5(3-11)4-15-6/h4,10H,2-3H2,1H3. The number of pyridine rings is 1. The molecule has 0 N–H and O–H groups in total. The molecule has 1 aromatic rings. The molecule has 0 atom stereocenters. The average Bonchev–Trinajstić information content (AvgIpc) is 2.30. The number of esters is 1. The summed E-state index contributed by atoms with van der Waals surface area (Å²) in [6.07, 6.45) is -1.33. The van der Waals surface area contributed by atoms with Crippen LogP contribution >= 0.6 is 38.5 Å². The SMILES string of the molecule is COC(=O)Cc1ncc(CBr)c(C(F)F)c1I. The fourth-order valence-corrected chi connectivity index (χ4v) is 2.61. The van der Waals surface area contributed by atoms with Crippen LogP contribution in [0.15, 0.2) is 6.20 Å². The first kappa shape index (κ1) is 14.7. The van der Waals surface area contributed by atoms with Gasteiger partial charge in [-0.1, -0.05) is 15.9 Å². The van der Waals surface area contributed by atoms with E-state index in [-0.39, 0.29) is 12.0 Å². The van der Waals surface area contributed by atoms with E-state index in [0.29, 0.717) is 20.2 Å². The van der Waals surface area contributed by atoms with Gasteiger partial charge >= 0.3 is 5.97 Å². The molecule has 1 aromatic heterocycles. The summed E-state index contributed by atoms with van der Waals surface area (Å²) in [5.41, 5.74) is 0.673. The maximum atomic E-state index is 12.9. The van der Waals surface area contributed by atoms with Crippen molar-refractivity contribution in [3.8, 4) is 0 Å². The van der Waals surface area contributed by atoms with Gasteiger partial charge in [0, 0.05) is 20.7 Å². The zero-order chi connectivity index (χ0) is 13.0. The molecular weight excluding hydrogens is 411 g/mol. The molecule has 17 heavy (non-hydrogen) atoms. The van der Waals surface area contributed by atoms with Gasteiger partial charge in [-0.2, -0.15) is 0 Å². The minimum atomic E-state index is -2.59. The van der Waals surface area contributed by atoms with Crippen molar-refractivity contribution in [2.75, 3.05) is 7.11 Å². The van der Waals surface area contributed by atoms with Crippen molar-refractivity contribution in [2.45, 2.75) is 18.2 Å². The molecule has 0 spiro atoms. The molecule has 7 heteroatoms. The van der Waals surface area contributed by atoms with Gasteiger partial charge in [0.15, 0.2) is 0 Å². The van der Waals surface area contributed by atoms with Crippen molar-refractivity contribution in [1.82, 2.24) is 4.98 Å². The monoisotopic (exact) mass is 419 g/mol. The smallest absolute Gasteiger partial charge is 0.311 e. The number of hydrogen-bond acceptors (Lipinski definition) is 3. The van der Waals surface area contributed by atoms with Crippen LogP contribution in [0.5, 0.6) is 0 Å². The lowest BCUT2D eigenvalue weighted by Gasteiger charge is -2.11. The van der Waals surface area contributed by atoms with E-state index in [4.69, 9.17) is 0 Å². The fraction of sp³-hybridized carbons (Fsp3) is 0.400. The van der Waals surface area contributed by atoms with E-state index in [0.717, 1.165) is 0 Å². The van der Waals surface area contributed by atoms with Crippen LogP contribution in [-0.4, -0.2) is 18.1 Å². The van der Waals surface area contributed by atoms with Gasteiger partial charge < -0.3 is 4.74 Å². The Balaban J connectivity index is 3.18. The van der Waals surface area contributed by atoms with Crippen molar-refractivity contribution in [3.05, 3.63) is 26.6 Å². The highest BCUT2D eigenvalue weighted by Gasteiger charge is 2.21. The van der Waals surface area contributed by atoms with Crippen molar-refractivity contribution >= 4 is 44.5 Å². The molecule has 0 aliphatic carbocycles. The third kappa shape index (κ3) is 3.57. The second-order valence-electron chi connectivity index (χ2n) is 3.15. The number of carbonyl (C=O) groups excluding carboxylic acids is 1. The number of carbonyl (C=O) groups is 1. The topological polar surface area (TPSA) is 39.2 Å². The molecule has 3 nitrogen and oxygen atoms in total. The fourth-order valence-electron chi connectivity index (χ4n) is 1.25. The summed E-state index contributed by atoms with van der Waals surface area (Å²) < 4.78 is 30.6. The number of nitrogens with zero attached hydrogens (tertiary/aromatic N) is 1. The predicted molar refractivity (Wildman–Crippen MR) is 70.3 cm³/mol. The first-order valence-corrected chi connectivity index (χ1v) is 6.78. The molecule has 0 aliphatic heterocycles. The van der Waals surface area contributed by atoms with E-state index in [1.54, 1.807) is 22.6 Å². The first-order valence-electron chi connectivity index (χ1n) is 4.58. The number of methoxy groups -OCH3 is 1. The quantitative estimate of drug-likeness (QED) is 0.427. The first-order chi connectivity index (χ1) is 8.01. The molecule has 1 heterocycles. The third-order valence-electron chi connectivity index (χ3n) is 2.11. The van der Waals surface area contributed by atoms with Crippen molar-refractivity contribution in [1.29, 1.82) is 0 Å². The zero-order valence-electron chi connectivity index (χ0n) is 8.84.